The minimum atomic E-state index is -0.565. The summed E-state index contributed by atoms with van der Waals surface area (Å²) in [6, 6.07) is 10.8. The lowest BCUT2D eigenvalue weighted by molar-refractivity contribution is -0.107. The number of aryl methyl sites for hydroxylation is 1. The van der Waals surface area contributed by atoms with Crippen molar-refractivity contribution in [2.24, 2.45) is 0 Å². The fraction of sp³-hybridized carbons (Fsp3) is 0.111. The molecule has 0 aliphatic carbocycles. The maximum absolute atomic E-state index is 14.0. The van der Waals surface area contributed by atoms with Crippen LogP contribution in [-0.4, -0.2) is 21.2 Å². The Morgan fingerprint density at radius 1 is 1.00 bits per heavy atom. The van der Waals surface area contributed by atoms with E-state index in [0.29, 0.717) is 17.8 Å². The van der Waals surface area contributed by atoms with Crippen molar-refractivity contribution in [2.75, 3.05) is 10.6 Å². The zero-order valence-corrected chi connectivity index (χ0v) is 13.5. The molecule has 2 N–H and O–H groups in total. The van der Waals surface area contributed by atoms with Crippen LogP contribution in [0.2, 0.25) is 0 Å². The molecule has 3 aromatic rings. The molecule has 0 spiro atoms. The van der Waals surface area contributed by atoms with Crippen LogP contribution in [0.15, 0.2) is 48.8 Å². The Balaban J connectivity index is 1.76. The van der Waals surface area contributed by atoms with Crippen LogP contribution >= 0.6 is 0 Å². The molecule has 0 radical (unpaired) electrons. The smallest absolute Gasteiger partial charge is 0.229 e. The van der Waals surface area contributed by atoms with Gasteiger partial charge in [-0.25, -0.2) is 9.37 Å². The molecule has 0 aliphatic rings. The first-order valence-electron chi connectivity index (χ1n) is 7.66. The van der Waals surface area contributed by atoms with Gasteiger partial charge in [-0.3, -0.25) is 4.98 Å². The molecule has 0 aliphatic heterocycles. The van der Waals surface area contributed by atoms with E-state index in [1.54, 1.807) is 30.5 Å². The number of pyridine rings is 1. The highest BCUT2D eigenvalue weighted by Gasteiger charge is 2.08. The van der Waals surface area contributed by atoms with Crippen LogP contribution in [0.4, 0.5) is 27.5 Å². The summed E-state index contributed by atoms with van der Waals surface area (Å²) in [6.07, 6.45) is 3.94. The van der Waals surface area contributed by atoms with Gasteiger partial charge in [-0.2, -0.15) is 4.98 Å². The Kier molecular flexibility index (Phi) is 4.94. The van der Waals surface area contributed by atoms with Crippen molar-refractivity contribution in [3.63, 3.8) is 0 Å². The predicted molar refractivity (Wildman–Crippen MR) is 93.7 cm³/mol. The Labute approximate surface area is 144 Å². The predicted octanol–water partition coefficient (Wildman–Crippen LogP) is 3.55. The summed E-state index contributed by atoms with van der Waals surface area (Å²) in [7, 11) is 0. The first-order valence-corrected chi connectivity index (χ1v) is 7.66. The average Bonchev–Trinajstić information content (AvgIpc) is 2.62. The van der Waals surface area contributed by atoms with Gasteiger partial charge >= 0.3 is 0 Å². The average molecular weight is 337 g/mol. The van der Waals surface area contributed by atoms with Crippen LogP contribution in [-0.2, 0) is 11.2 Å². The number of aldehydes is 1. The van der Waals surface area contributed by atoms with E-state index in [-0.39, 0.29) is 11.8 Å². The molecule has 0 saturated carbocycles. The standard InChI is InChI=1S/C18H16FN5O/c1-12-2-5-15(10-20-12)23-18-21-11-16(19)17(24-18)22-14-6-3-13(4-7-14)8-9-25/h2-7,9-11H,8H2,1H3,(H2,21,22,23,24). The van der Waals surface area contributed by atoms with Crippen LogP contribution < -0.4 is 10.6 Å². The molecule has 6 nitrogen and oxygen atoms in total. The fourth-order valence-electron chi connectivity index (χ4n) is 2.14. The van der Waals surface area contributed by atoms with Gasteiger partial charge in [0.15, 0.2) is 11.6 Å². The fourth-order valence-corrected chi connectivity index (χ4v) is 2.14. The lowest BCUT2D eigenvalue weighted by Crippen LogP contribution is -2.03. The highest BCUT2D eigenvalue weighted by Crippen LogP contribution is 2.20. The SMILES string of the molecule is Cc1ccc(Nc2ncc(F)c(Nc3ccc(CC=O)cc3)n2)cn1. The van der Waals surface area contributed by atoms with E-state index in [4.69, 9.17) is 0 Å². The van der Waals surface area contributed by atoms with E-state index in [9.17, 15) is 9.18 Å². The van der Waals surface area contributed by atoms with E-state index >= 15 is 0 Å². The molecule has 0 fully saturated rings. The van der Waals surface area contributed by atoms with Gasteiger partial charge in [0.05, 0.1) is 18.1 Å². The van der Waals surface area contributed by atoms with Crippen molar-refractivity contribution in [3.05, 3.63) is 65.9 Å². The molecule has 2 heterocycles. The summed E-state index contributed by atoms with van der Waals surface area (Å²) in [5.41, 5.74) is 3.15. The van der Waals surface area contributed by atoms with Gasteiger partial charge in [-0.1, -0.05) is 12.1 Å². The van der Waals surface area contributed by atoms with Crippen molar-refractivity contribution in [1.82, 2.24) is 15.0 Å². The number of carbonyl (C=O) groups excluding carboxylic acids is 1. The van der Waals surface area contributed by atoms with Crippen molar-refractivity contribution in [2.45, 2.75) is 13.3 Å². The lowest BCUT2D eigenvalue weighted by atomic mass is 10.1. The Morgan fingerprint density at radius 2 is 1.76 bits per heavy atom. The molecule has 0 atom stereocenters. The van der Waals surface area contributed by atoms with E-state index in [1.165, 1.54) is 0 Å². The number of benzene rings is 1. The van der Waals surface area contributed by atoms with Crippen LogP contribution in [0, 0.1) is 12.7 Å². The molecule has 25 heavy (non-hydrogen) atoms. The summed E-state index contributed by atoms with van der Waals surface area (Å²) >= 11 is 0. The van der Waals surface area contributed by atoms with Gasteiger partial charge in [-0.15, -0.1) is 0 Å². The molecule has 0 unspecified atom stereocenters. The summed E-state index contributed by atoms with van der Waals surface area (Å²) in [5.74, 6) is -0.252. The largest absolute Gasteiger partial charge is 0.338 e. The topological polar surface area (TPSA) is 79.8 Å². The molecule has 7 heteroatoms. The van der Waals surface area contributed by atoms with Gasteiger partial charge in [0, 0.05) is 17.8 Å². The second-order valence-corrected chi connectivity index (χ2v) is 5.40. The van der Waals surface area contributed by atoms with E-state index in [0.717, 1.165) is 23.7 Å². The van der Waals surface area contributed by atoms with E-state index in [2.05, 4.69) is 25.6 Å². The van der Waals surface area contributed by atoms with Gasteiger partial charge in [-0.05, 0) is 36.8 Å². The van der Waals surface area contributed by atoms with Gasteiger partial charge < -0.3 is 15.4 Å². The summed E-state index contributed by atoms with van der Waals surface area (Å²) in [4.78, 5) is 22.8. The first kappa shape index (κ1) is 16.5. The van der Waals surface area contributed by atoms with Crippen molar-refractivity contribution in [1.29, 1.82) is 0 Å². The zero-order valence-electron chi connectivity index (χ0n) is 13.5. The zero-order chi connectivity index (χ0) is 17.6. The third-order valence-electron chi connectivity index (χ3n) is 3.45. The number of anilines is 4. The molecule has 0 saturated heterocycles. The first-order chi connectivity index (χ1) is 12.1. The monoisotopic (exact) mass is 337 g/mol. The van der Waals surface area contributed by atoms with Crippen molar-refractivity contribution < 1.29 is 9.18 Å². The molecular weight excluding hydrogens is 321 g/mol. The van der Waals surface area contributed by atoms with Crippen LogP contribution in [0.5, 0.6) is 0 Å². The third-order valence-corrected chi connectivity index (χ3v) is 3.45. The van der Waals surface area contributed by atoms with Gasteiger partial charge in [0.25, 0.3) is 0 Å². The number of rotatable bonds is 6. The van der Waals surface area contributed by atoms with Crippen LogP contribution in [0.25, 0.3) is 0 Å². The molecule has 0 bridgehead atoms. The molecule has 1 aromatic carbocycles. The molecule has 126 valence electrons. The van der Waals surface area contributed by atoms with Gasteiger partial charge in [0.2, 0.25) is 5.95 Å². The number of nitrogens with zero attached hydrogens (tertiary/aromatic N) is 3. The molecule has 0 amide bonds. The highest BCUT2D eigenvalue weighted by molar-refractivity contribution is 5.61. The number of carbonyl (C=O) groups is 1. The Bertz CT molecular complexity index is 866. The van der Waals surface area contributed by atoms with Crippen LogP contribution in [0.3, 0.4) is 0 Å². The van der Waals surface area contributed by atoms with E-state index < -0.39 is 5.82 Å². The van der Waals surface area contributed by atoms with Crippen molar-refractivity contribution >= 4 is 29.4 Å². The second-order valence-electron chi connectivity index (χ2n) is 5.40. The Hall–Kier alpha value is -3.35. The lowest BCUT2D eigenvalue weighted by Gasteiger charge is -2.10. The molecule has 2 aromatic heterocycles. The summed E-state index contributed by atoms with van der Waals surface area (Å²) in [5, 5.41) is 5.89. The highest BCUT2D eigenvalue weighted by atomic mass is 19.1. The van der Waals surface area contributed by atoms with Gasteiger partial charge in [0.1, 0.15) is 6.29 Å². The summed E-state index contributed by atoms with van der Waals surface area (Å²) in [6.45, 7) is 1.89. The van der Waals surface area contributed by atoms with Crippen LogP contribution in [0.1, 0.15) is 11.3 Å². The number of hydrogen-bond donors (Lipinski definition) is 2. The number of halogens is 1. The quantitative estimate of drug-likeness (QED) is 0.670. The summed E-state index contributed by atoms with van der Waals surface area (Å²) < 4.78 is 14.0. The number of hydrogen-bond acceptors (Lipinski definition) is 6. The maximum Gasteiger partial charge on any atom is 0.229 e. The maximum atomic E-state index is 14.0. The Morgan fingerprint density at radius 3 is 2.44 bits per heavy atom. The molecular formula is C18H16FN5O. The third kappa shape index (κ3) is 4.35. The molecule has 3 rings (SSSR count). The second kappa shape index (κ2) is 7.48. The van der Waals surface area contributed by atoms with Crippen molar-refractivity contribution in [3.8, 4) is 0 Å². The number of nitrogens with one attached hydrogen (secondary N) is 2. The minimum Gasteiger partial charge on any atom is -0.338 e. The number of aromatic nitrogens is 3. The van der Waals surface area contributed by atoms with E-state index in [1.807, 2.05) is 19.1 Å². The minimum absolute atomic E-state index is 0.0562. The normalized spacial score (nSPS) is 10.3.